The minimum atomic E-state index is 0.0320. The summed E-state index contributed by atoms with van der Waals surface area (Å²) >= 11 is 0. The lowest BCUT2D eigenvalue weighted by Gasteiger charge is -2.14. The summed E-state index contributed by atoms with van der Waals surface area (Å²) in [5.74, 6) is 0.0320. The van der Waals surface area contributed by atoms with Crippen molar-refractivity contribution in [3.05, 3.63) is 176 Å². The molecular weight excluding hydrogens is 520 g/mol. The van der Waals surface area contributed by atoms with E-state index in [0.29, 0.717) is 11.1 Å². The molecule has 0 amide bonds. The Kier molecular flexibility index (Phi) is 7.13. The fraction of sp³-hybridized carbons (Fsp3) is 0. The third-order valence-corrected chi connectivity index (χ3v) is 8.02. The predicted octanol–water partition coefficient (Wildman–Crippen LogP) is 11.8. The van der Waals surface area contributed by atoms with Gasteiger partial charge in [0.1, 0.15) is 0 Å². The molecule has 1 heteroatoms. The van der Waals surface area contributed by atoms with Crippen molar-refractivity contribution in [2.75, 3.05) is 0 Å². The summed E-state index contributed by atoms with van der Waals surface area (Å²) in [7, 11) is 0. The normalized spacial score (nSPS) is 10.9. The molecule has 0 fully saturated rings. The Morgan fingerprint density at radius 2 is 0.465 bits per heavy atom. The van der Waals surface area contributed by atoms with Crippen LogP contribution in [0.25, 0.3) is 66.8 Å². The molecule has 0 bridgehead atoms. The summed E-state index contributed by atoms with van der Waals surface area (Å²) in [4.78, 5) is 0. The van der Waals surface area contributed by atoms with Gasteiger partial charge in [-0.05, 0) is 67.8 Å². The molecule has 43 heavy (non-hydrogen) atoms. The molecule has 0 aliphatic heterocycles. The number of hydrogen-bond donors (Lipinski definition) is 0. The number of rotatable bonds is 6. The van der Waals surface area contributed by atoms with Gasteiger partial charge in [-0.3, -0.25) is 5.11 Å². The van der Waals surface area contributed by atoms with Gasteiger partial charge in [0.15, 0.2) is 5.75 Å². The zero-order valence-corrected chi connectivity index (χ0v) is 23.7. The SMILES string of the molecule is [O]c1c(-c2ccc(-c3ccccc3)cc2)cc(-c2ccc(-c3ccccc3)cc2)cc1-c1ccc(-c2ccccc2)cc1. The molecule has 0 N–H and O–H groups in total. The van der Waals surface area contributed by atoms with E-state index in [-0.39, 0.29) is 5.75 Å². The van der Waals surface area contributed by atoms with Crippen molar-refractivity contribution in [1.29, 1.82) is 0 Å². The highest BCUT2D eigenvalue weighted by Crippen LogP contribution is 2.43. The topological polar surface area (TPSA) is 19.9 Å². The largest absolute Gasteiger partial charge is 0.289 e. The van der Waals surface area contributed by atoms with Crippen molar-refractivity contribution in [2.24, 2.45) is 0 Å². The highest BCUT2D eigenvalue weighted by molar-refractivity contribution is 5.89. The van der Waals surface area contributed by atoms with Gasteiger partial charge in [-0.2, -0.15) is 0 Å². The first-order valence-corrected chi connectivity index (χ1v) is 14.6. The van der Waals surface area contributed by atoms with E-state index in [2.05, 4.69) is 121 Å². The van der Waals surface area contributed by atoms with Gasteiger partial charge in [-0.1, -0.05) is 164 Å². The van der Waals surface area contributed by atoms with E-state index in [9.17, 15) is 5.11 Å². The number of hydrogen-bond acceptors (Lipinski definition) is 0. The summed E-state index contributed by atoms with van der Waals surface area (Å²) in [6.45, 7) is 0. The van der Waals surface area contributed by atoms with E-state index in [4.69, 9.17) is 0 Å². The lowest BCUT2D eigenvalue weighted by atomic mass is 9.90. The maximum Gasteiger partial charge on any atom is 0.194 e. The quantitative estimate of drug-likeness (QED) is 0.197. The molecule has 0 spiro atoms. The molecule has 7 aromatic carbocycles. The molecule has 7 aromatic rings. The van der Waals surface area contributed by atoms with Gasteiger partial charge in [-0.25, -0.2) is 0 Å². The standard InChI is InChI=1S/C42H29O/c43-42-40(37-24-20-34(21-25-37)31-12-6-2-7-13-31)28-39(36-18-16-33(17-19-36)30-10-4-1-5-11-30)29-41(42)38-26-22-35(23-27-38)32-14-8-3-9-15-32/h1-29H. The molecule has 0 atom stereocenters. The van der Waals surface area contributed by atoms with Crippen molar-refractivity contribution in [2.45, 2.75) is 0 Å². The van der Waals surface area contributed by atoms with Crippen LogP contribution in [0, 0.1) is 0 Å². The third-order valence-electron chi connectivity index (χ3n) is 8.02. The van der Waals surface area contributed by atoms with Crippen molar-refractivity contribution in [3.8, 4) is 72.5 Å². The van der Waals surface area contributed by atoms with Gasteiger partial charge in [0, 0.05) is 11.1 Å². The van der Waals surface area contributed by atoms with E-state index >= 15 is 0 Å². The van der Waals surface area contributed by atoms with Crippen LogP contribution in [0.3, 0.4) is 0 Å². The van der Waals surface area contributed by atoms with Gasteiger partial charge in [0.2, 0.25) is 0 Å². The van der Waals surface area contributed by atoms with Gasteiger partial charge >= 0.3 is 0 Å². The Bertz CT molecular complexity index is 1850. The van der Waals surface area contributed by atoms with Crippen LogP contribution in [0.5, 0.6) is 5.75 Å². The van der Waals surface area contributed by atoms with Crippen molar-refractivity contribution >= 4 is 0 Å². The summed E-state index contributed by atoms with van der Waals surface area (Å²) < 4.78 is 0. The van der Waals surface area contributed by atoms with Crippen molar-refractivity contribution < 1.29 is 5.11 Å². The Balaban J connectivity index is 1.32. The Labute approximate surface area is 253 Å². The third kappa shape index (κ3) is 5.49. The van der Waals surface area contributed by atoms with Crippen LogP contribution >= 0.6 is 0 Å². The van der Waals surface area contributed by atoms with Crippen LogP contribution in [0.1, 0.15) is 0 Å². The number of benzene rings is 7. The van der Waals surface area contributed by atoms with Crippen molar-refractivity contribution in [1.82, 2.24) is 0 Å². The zero-order valence-electron chi connectivity index (χ0n) is 23.7. The highest BCUT2D eigenvalue weighted by Gasteiger charge is 2.17. The lowest BCUT2D eigenvalue weighted by Crippen LogP contribution is -1.89. The second kappa shape index (κ2) is 11.7. The molecule has 0 saturated heterocycles. The van der Waals surface area contributed by atoms with Crippen molar-refractivity contribution in [3.63, 3.8) is 0 Å². The van der Waals surface area contributed by atoms with Crippen LogP contribution < -0.4 is 0 Å². The minimum absolute atomic E-state index is 0.0320. The summed E-state index contributed by atoms with van der Waals surface area (Å²) in [6, 6.07) is 60.3. The summed E-state index contributed by atoms with van der Waals surface area (Å²) in [6.07, 6.45) is 0. The minimum Gasteiger partial charge on any atom is -0.289 e. The second-order valence-corrected chi connectivity index (χ2v) is 10.7. The molecule has 1 radical (unpaired) electrons. The average molecular weight is 550 g/mol. The lowest BCUT2D eigenvalue weighted by molar-refractivity contribution is 0.358. The van der Waals surface area contributed by atoms with E-state index in [0.717, 1.165) is 44.5 Å². The van der Waals surface area contributed by atoms with Gasteiger partial charge in [0.25, 0.3) is 0 Å². The summed E-state index contributed by atoms with van der Waals surface area (Å²) in [5, 5.41) is 14.1. The maximum absolute atomic E-state index is 14.1. The van der Waals surface area contributed by atoms with E-state index in [1.807, 2.05) is 54.6 Å². The Morgan fingerprint density at radius 1 is 0.233 bits per heavy atom. The maximum atomic E-state index is 14.1. The molecule has 0 heterocycles. The predicted molar refractivity (Wildman–Crippen MR) is 179 cm³/mol. The fourth-order valence-electron chi connectivity index (χ4n) is 5.66. The Morgan fingerprint density at radius 3 is 0.767 bits per heavy atom. The van der Waals surface area contributed by atoms with Crippen LogP contribution in [0.4, 0.5) is 0 Å². The molecular formula is C42H29O. The highest BCUT2D eigenvalue weighted by atomic mass is 16.3. The molecule has 7 rings (SSSR count). The molecule has 1 nitrogen and oxygen atoms in total. The van der Waals surface area contributed by atoms with E-state index in [1.165, 1.54) is 11.1 Å². The molecule has 0 aliphatic rings. The van der Waals surface area contributed by atoms with E-state index in [1.54, 1.807) is 0 Å². The molecule has 0 saturated carbocycles. The van der Waals surface area contributed by atoms with Crippen LogP contribution in [-0.2, 0) is 5.11 Å². The molecule has 0 aromatic heterocycles. The first-order valence-electron chi connectivity index (χ1n) is 14.6. The van der Waals surface area contributed by atoms with Gasteiger partial charge in [-0.15, -0.1) is 0 Å². The zero-order chi connectivity index (χ0) is 29.0. The monoisotopic (exact) mass is 549 g/mol. The molecule has 0 unspecified atom stereocenters. The van der Waals surface area contributed by atoms with Crippen LogP contribution in [0.15, 0.2) is 176 Å². The fourth-order valence-corrected chi connectivity index (χ4v) is 5.66. The molecule has 203 valence electrons. The van der Waals surface area contributed by atoms with Crippen LogP contribution in [-0.4, -0.2) is 0 Å². The van der Waals surface area contributed by atoms with Gasteiger partial charge < -0.3 is 0 Å². The average Bonchev–Trinajstić information content (AvgIpc) is 3.10. The smallest absolute Gasteiger partial charge is 0.194 e. The van der Waals surface area contributed by atoms with Crippen LogP contribution in [0.2, 0.25) is 0 Å². The second-order valence-electron chi connectivity index (χ2n) is 10.7. The van der Waals surface area contributed by atoms with Gasteiger partial charge in [0.05, 0.1) is 0 Å². The van der Waals surface area contributed by atoms with E-state index < -0.39 is 0 Å². The first kappa shape index (κ1) is 26.3. The molecule has 0 aliphatic carbocycles. The Hall–Kier alpha value is -5.66. The first-order chi connectivity index (χ1) is 21.2. The summed E-state index contributed by atoms with van der Waals surface area (Å²) in [5.41, 5.74) is 12.2.